The van der Waals surface area contributed by atoms with Gasteiger partial charge in [0.25, 0.3) is 5.91 Å². The number of halogens is 1. The number of carbonyl (C=O) groups is 2. The van der Waals surface area contributed by atoms with Gasteiger partial charge in [-0.05, 0) is 36.1 Å². The van der Waals surface area contributed by atoms with Crippen molar-refractivity contribution >= 4 is 45.3 Å². The number of hydrogen-bond acceptors (Lipinski definition) is 4. The van der Waals surface area contributed by atoms with E-state index in [2.05, 4.69) is 21.2 Å². The van der Waals surface area contributed by atoms with Crippen LogP contribution in [0.4, 0.5) is 5.69 Å². The van der Waals surface area contributed by atoms with Gasteiger partial charge >= 0.3 is 5.97 Å². The fraction of sp³-hybridized carbons (Fsp3) is 0.176. The van der Waals surface area contributed by atoms with Crippen molar-refractivity contribution in [1.82, 2.24) is 0 Å². The van der Waals surface area contributed by atoms with Crippen LogP contribution in [0.3, 0.4) is 0 Å². The van der Waals surface area contributed by atoms with E-state index in [0.717, 1.165) is 14.9 Å². The van der Waals surface area contributed by atoms with Crippen LogP contribution in [0.2, 0.25) is 0 Å². The van der Waals surface area contributed by atoms with Crippen LogP contribution in [0.15, 0.2) is 57.9 Å². The quantitative estimate of drug-likeness (QED) is 0.597. The fourth-order valence-corrected chi connectivity index (χ4v) is 2.78. The van der Waals surface area contributed by atoms with Crippen molar-refractivity contribution in [2.45, 2.75) is 11.3 Å². The number of amides is 1. The van der Waals surface area contributed by atoms with Crippen LogP contribution in [0, 0.1) is 0 Å². The summed E-state index contributed by atoms with van der Waals surface area (Å²) >= 11 is 4.96. The molecule has 0 unspecified atom stereocenters. The summed E-state index contributed by atoms with van der Waals surface area (Å²) in [6.45, 7) is -0.299. The zero-order chi connectivity index (χ0) is 16.7. The van der Waals surface area contributed by atoms with Crippen LogP contribution in [-0.4, -0.2) is 24.7 Å². The number of rotatable bonds is 6. The van der Waals surface area contributed by atoms with Gasteiger partial charge in [0.05, 0.1) is 6.42 Å². The van der Waals surface area contributed by atoms with Crippen molar-refractivity contribution in [2.75, 3.05) is 18.2 Å². The van der Waals surface area contributed by atoms with E-state index >= 15 is 0 Å². The van der Waals surface area contributed by atoms with Crippen LogP contribution >= 0.6 is 27.7 Å². The summed E-state index contributed by atoms with van der Waals surface area (Å²) in [6, 6.07) is 14.9. The summed E-state index contributed by atoms with van der Waals surface area (Å²) in [5, 5.41) is 2.71. The van der Waals surface area contributed by atoms with Gasteiger partial charge in [0.1, 0.15) is 0 Å². The lowest BCUT2D eigenvalue weighted by Gasteiger charge is -2.08. The Morgan fingerprint density at radius 3 is 2.70 bits per heavy atom. The average molecular weight is 394 g/mol. The third kappa shape index (κ3) is 5.73. The van der Waals surface area contributed by atoms with Crippen molar-refractivity contribution in [3.8, 4) is 0 Å². The molecule has 0 bridgehead atoms. The number of esters is 1. The van der Waals surface area contributed by atoms with Crippen LogP contribution in [-0.2, 0) is 20.7 Å². The Bertz CT molecular complexity index is 706. The van der Waals surface area contributed by atoms with Gasteiger partial charge in [0.2, 0.25) is 0 Å². The number of thioether (sulfide) groups is 1. The first-order valence-electron chi connectivity index (χ1n) is 6.91. The van der Waals surface area contributed by atoms with Crippen LogP contribution in [0.25, 0.3) is 0 Å². The van der Waals surface area contributed by atoms with Gasteiger partial charge in [-0.3, -0.25) is 9.59 Å². The van der Waals surface area contributed by atoms with Crippen LogP contribution < -0.4 is 5.32 Å². The highest BCUT2D eigenvalue weighted by molar-refractivity contribution is 9.10. The minimum absolute atomic E-state index is 0.122. The molecule has 2 aromatic carbocycles. The topological polar surface area (TPSA) is 55.4 Å². The molecule has 0 aliphatic heterocycles. The van der Waals surface area contributed by atoms with Gasteiger partial charge in [-0.25, -0.2) is 0 Å². The molecule has 0 saturated heterocycles. The van der Waals surface area contributed by atoms with Crippen molar-refractivity contribution in [2.24, 2.45) is 0 Å². The Morgan fingerprint density at radius 2 is 1.96 bits per heavy atom. The second-order valence-corrected chi connectivity index (χ2v) is 6.44. The third-order valence-corrected chi connectivity index (χ3v) is 4.51. The van der Waals surface area contributed by atoms with E-state index in [-0.39, 0.29) is 18.9 Å². The zero-order valence-electron chi connectivity index (χ0n) is 12.5. The lowest BCUT2D eigenvalue weighted by molar-refractivity contribution is -0.146. The molecule has 23 heavy (non-hydrogen) atoms. The maximum absolute atomic E-state index is 11.8. The SMILES string of the molecule is CSc1cccc(NC(=O)COC(=O)Cc2ccccc2Br)c1. The monoisotopic (exact) mass is 393 g/mol. The van der Waals surface area contributed by atoms with Gasteiger partial charge in [-0.2, -0.15) is 0 Å². The maximum atomic E-state index is 11.8. The van der Waals surface area contributed by atoms with E-state index in [1.807, 2.05) is 48.7 Å². The summed E-state index contributed by atoms with van der Waals surface area (Å²) in [7, 11) is 0. The van der Waals surface area contributed by atoms with Gasteiger partial charge in [0, 0.05) is 15.1 Å². The minimum atomic E-state index is -0.440. The molecule has 120 valence electrons. The predicted octanol–water partition coefficient (Wildman–Crippen LogP) is 3.90. The summed E-state index contributed by atoms with van der Waals surface area (Å²) < 4.78 is 5.86. The molecule has 0 aliphatic carbocycles. The molecule has 2 aromatic rings. The van der Waals surface area contributed by atoms with Crippen molar-refractivity contribution in [3.05, 3.63) is 58.6 Å². The average Bonchev–Trinajstić information content (AvgIpc) is 2.55. The van der Waals surface area contributed by atoms with E-state index in [0.29, 0.717) is 5.69 Å². The van der Waals surface area contributed by atoms with E-state index in [1.54, 1.807) is 17.8 Å². The molecular formula is C17H16BrNO3S. The Balaban J connectivity index is 1.82. The summed E-state index contributed by atoms with van der Waals surface area (Å²) in [5.41, 5.74) is 1.51. The molecule has 1 N–H and O–H groups in total. The minimum Gasteiger partial charge on any atom is -0.455 e. The number of hydrogen-bond donors (Lipinski definition) is 1. The van der Waals surface area contributed by atoms with Gasteiger partial charge in [-0.1, -0.05) is 40.2 Å². The molecule has 0 atom stereocenters. The molecule has 0 saturated carbocycles. The molecule has 0 aliphatic rings. The number of benzene rings is 2. The highest BCUT2D eigenvalue weighted by Gasteiger charge is 2.10. The molecule has 0 heterocycles. The molecule has 0 fully saturated rings. The second kappa shape index (κ2) is 8.74. The Kier molecular flexibility index (Phi) is 6.67. The molecular weight excluding hydrogens is 378 g/mol. The molecule has 6 heteroatoms. The van der Waals surface area contributed by atoms with E-state index in [1.165, 1.54) is 0 Å². The first kappa shape index (κ1) is 17.6. The first-order valence-corrected chi connectivity index (χ1v) is 8.93. The highest BCUT2D eigenvalue weighted by atomic mass is 79.9. The van der Waals surface area contributed by atoms with Crippen molar-refractivity contribution < 1.29 is 14.3 Å². The van der Waals surface area contributed by atoms with Crippen LogP contribution in [0.5, 0.6) is 0 Å². The van der Waals surface area contributed by atoms with Crippen LogP contribution in [0.1, 0.15) is 5.56 Å². The molecule has 0 spiro atoms. The molecule has 1 amide bonds. The lowest BCUT2D eigenvalue weighted by atomic mass is 10.2. The molecule has 0 radical (unpaired) electrons. The number of ether oxygens (including phenoxy) is 1. The standard InChI is InChI=1S/C17H16BrNO3S/c1-23-14-7-4-6-13(10-14)19-16(20)11-22-17(21)9-12-5-2-3-8-15(12)18/h2-8,10H,9,11H2,1H3,(H,19,20). The molecule has 0 aromatic heterocycles. The first-order chi connectivity index (χ1) is 11.1. The van der Waals surface area contributed by atoms with E-state index in [4.69, 9.17) is 4.74 Å². The summed E-state index contributed by atoms with van der Waals surface area (Å²) in [5.74, 6) is -0.798. The zero-order valence-corrected chi connectivity index (χ0v) is 14.9. The highest BCUT2D eigenvalue weighted by Crippen LogP contribution is 2.19. The maximum Gasteiger partial charge on any atom is 0.310 e. The second-order valence-electron chi connectivity index (χ2n) is 4.71. The van der Waals surface area contributed by atoms with E-state index in [9.17, 15) is 9.59 Å². The Labute approximate surface area is 147 Å². The summed E-state index contributed by atoms with van der Waals surface area (Å²) in [4.78, 5) is 24.7. The number of carbonyl (C=O) groups excluding carboxylic acids is 2. The fourth-order valence-electron chi connectivity index (χ4n) is 1.89. The van der Waals surface area contributed by atoms with Gasteiger partial charge < -0.3 is 10.1 Å². The predicted molar refractivity (Wildman–Crippen MR) is 95.7 cm³/mol. The third-order valence-electron chi connectivity index (χ3n) is 3.01. The smallest absolute Gasteiger partial charge is 0.310 e. The summed E-state index contributed by atoms with van der Waals surface area (Å²) in [6.07, 6.45) is 2.08. The van der Waals surface area contributed by atoms with E-state index < -0.39 is 5.97 Å². The molecule has 2 rings (SSSR count). The Hall–Kier alpha value is -1.79. The van der Waals surface area contributed by atoms with Gasteiger partial charge in [0.15, 0.2) is 6.61 Å². The largest absolute Gasteiger partial charge is 0.455 e. The number of nitrogens with one attached hydrogen (secondary N) is 1. The Morgan fingerprint density at radius 1 is 1.17 bits per heavy atom. The van der Waals surface area contributed by atoms with Gasteiger partial charge in [-0.15, -0.1) is 11.8 Å². The lowest BCUT2D eigenvalue weighted by Crippen LogP contribution is -2.21. The molecule has 4 nitrogen and oxygen atoms in total. The normalized spacial score (nSPS) is 10.2. The van der Waals surface area contributed by atoms with Crippen molar-refractivity contribution in [1.29, 1.82) is 0 Å². The number of anilines is 1. The van der Waals surface area contributed by atoms with Crippen molar-refractivity contribution in [3.63, 3.8) is 0 Å².